The van der Waals surface area contributed by atoms with Gasteiger partial charge < -0.3 is 9.64 Å². The van der Waals surface area contributed by atoms with Crippen molar-refractivity contribution in [2.45, 2.75) is 24.6 Å². The minimum atomic E-state index is -4.49. The van der Waals surface area contributed by atoms with Gasteiger partial charge in [0.25, 0.3) is 0 Å². The van der Waals surface area contributed by atoms with Crippen molar-refractivity contribution in [2.24, 2.45) is 0 Å². The predicted molar refractivity (Wildman–Crippen MR) is 73.8 cm³/mol. The smallest absolute Gasteiger partial charge is 0.376 e. The Bertz CT molecular complexity index is 630. The van der Waals surface area contributed by atoms with Crippen molar-refractivity contribution in [1.82, 2.24) is 25.4 Å². The van der Waals surface area contributed by atoms with Crippen LogP contribution in [0.5, 0.6) is 0 Å². The topological polar surface area (TPSA) is 79.8 Å². The van der Waals surface area contributed by atoms with Gasteiger partial charge in [-0.25, -0.2) is 4.98 Å². The first-order valence-electron chi connectivity index (χ1n) is 7.04. The molecule has 1 fully saturated rings. The van der Waals surface area contributed by atoms with Crippen molar-refractivity contribution in [3.05, 3.63) is 30.0 Å². The molecule has 1 aliphatic heterocycles. The van der Waals surface area contributed by atoms with Crippen molar-refractivity contribution in [3.8, 4) is 0 Å². The maximum atomic E-state index is 12.5. The first kappa shape index (κ1) is 15.7. The number of aromatic nitrogens is 5. The van der Waals surface area contributed by atoms with Gasteiger partial charge in [0.2, 0.25) is 0 Å². The summed E-state index contributed by atoms with van der Waals surface area (Å²) in [7, 11) is 1.73. The van der Waals surface area contributed by atoms with Gasteiger partial charge in [-0.1, -0.05) is 0 Å². The molecular weight excluding hydrogens is 313 g/mol. The highest BCUT2D eigenvalue weighted by Gasteiger charge is 2.34. The molecule has 3 heterocycles. The van der Waals surface area contributed by atoms with Crippen LogP contribution in [0.25, 0.3) is 0 Å². The van der Waals surface area contributed by atoms with Crippen molar-refractivity contribution in [3.63, 3.8) is 0 Å². The number of nitrogens with one attached hydrogen (secondary N) is 1. The number of aromatic amines is 1. The number of hydrogen-bond acceptors (Lipinski definition) is 6. The summed E-state index contributed by atoms with van der Waals surface area (Å²) in [6.07, 6.45) is -2.38. The highest BCUT2D eigenvalue weighted by molar-refractivity contribution is 5.37. The van der Waals surface area contributed by atoms with Crippen molar-refractivity contribution >= 4 is 5.82 Å². The number of halogens is 3. The molecule has 2 aromatic rings. The number of nitrogens with zero attached hydrogens (tertiary/aromatic N) is 5. The first-order chi connectivity index (χ1) is 10.9. The van der Waals surface area contributed by atoms with Crippen molar-refractivity contribution in [2.75, 3.05) is 25.1 Å². The predicted octanol–water partition coefficient (Wildman–Crippen LogP) is 1.62. The molecule has 0 radical (unpaired) electrons. The van der Waals surface area contributed by atoms with E-state index in [1.54, 1.807) is 11.9 Å². The molecule has 1 N–H and O–H groups in total. The minimum absolute atomic E-state index is 0.0716. The first-order valence-corrected chi connectivity index (χ1v) is 7.04. The number of anilines is 1. The van der Waals surface area contributed by atoms with E-state index in [2.05, 4.69) is 25.4 Å². The molecule has 3 rings (SSSR count). The lowest BCUT2D eigenvalue weighted by atomic mass is 10.0. The lowest BCUT2D eigenvalue weighted by Crippen LogP contribution is -2.33. The van der Waals surface area contributed by atoms with Crippen LogP contribution in [0.1, 0.15) is 23.9 Å². The third-order valence-electron chi connectivity index (χ3n) is 3.78. The summed E-state index contributed by atoms with van der Waals surface area (Å²) < 4.78 is 43.2. The van der Waals surface area contributed by atoms with Gasteiger partial charge in [0.15, 0.2) is 11.5 Å². The van der Waals surface area contributed by atoms with E-state index in [0.717, 1.165) is 18.3 Å². The standard InChI is InChI=1S/C13H15F3N6O/c1-22(11-3-2-10(19-20-11)13(14,15)16)6-9-8(4-5-23-9)12-17-7-18-21-12/h2-3,7-9H,4-6H2,1H3,(H,17,18,21)/t8-,9-/m1/s1. The Balaban J connectivity index is 1.68. The Morgan fingerprint density at radius 3 is 2.78 bits per heavy atom. The Labute approximate surface area is 129 Å². The fraction of sp³-hybridized carbons (Fsp3) is 0.538. The van der Waals surface area contributed by atoms with Crippen LogP contribution in [0.3, 0.4) is 0 Å². The second-order valence-corrected chi connectivity index (χ2v) is 5.33. The van der Waals surface area contributed by atoms with E-state index in [1.807, 2.05) is 0 Å². The van der Waals surface area contributed by atoms with Crippen LogP contribution < -0.4 is 4.90 Å². The number of alkyl halides is 3. The second kappa shape index (κ2) is 6.11. The molecule has 1 aliphatic rings. The van der Waals surface area contributed by atoms with Crippen molar-refractivity contribution in [1.29, 1.82) is 0 Å². The molecule has 2 atom stereocenters. The fourth-order valence-electron chi connectivity index (χ4n) is 2.58. The van der Waals surface area contributed by atoms with Crippen LogP contribution in [0, 0.1) is 0 Å². The molecule has 0 amide bonds. The van der Waals surface area contributed by atoms with E-state index in [-0.39, 0.29) is 12.0 Å². The van der Waals surface area contributed by atoms with Gasteiger partial charge in [0.05, 0.1) is 6.10 Å². The summed E-state index contributed by atoms with van der Waals surface area (Å²) in [5.74, 6) is 1.17. The average Bonchev–Trinajstić information content (AvgIpc) is 3.17. The molecule has 2 aromatic heterocycles. The summed E-state index contributed by atoms with van der Waals surface area (Å²) in [4.78, 5) is 5.86. The third-order valence-corrected chi connectivity index (χ3v) is 3.78. The number of ether oxygens (including phenoxy) is 1. The highest BCUT2D eigenvalue weighted by Crippen LogP contribution is 2.30. The molecule has 0 spiro atoms. The Morgan fingerprint density at radius 2 is 2.17 bits per heavy atom. The largest absolute Gasteiger partial charge is 0.435 e. The van der Waals surface area contributed by atoms with Crippen LogP contribution in [0.15, 0.2) is 18.5 Å². The quantitative estimate of drug-likeness (QED) is 0.919. The zero-order valence-corrected chi connectivity index (χ0v) is 12.3. The lowest BCUT2D eigenvalue weighted by molar-refractivity contribution is -0.141. The Hall–Kier alpha value is -2.23. The molecular formula is C13H15F3N6O. The van der Waals surface area contributed by atoms with E-state index < -0.39 is 11.9 Å². The molecule has 0 aliphatic carbocycles. The summed E-state index contributed by atoms with van der Waals surface area (Å²) in [6, 6.07) is 2.22. The molecule has 124 valence electrons. The van der Waals surface area contributed by atoms with Gasteiger partial charge >= 0.3 is 6.18 Å². The molecule has 23 heavy (non-hydrogen) atoms. The highest BCUT2D eigenvalue weighted by atomic mass is 19.4. The summed E-state index contributed by atoms with van der Waals surface area (Å²) >= 11 is 0. The lowest BCUT2D eigenvalue weighted by Gasteiger charge is -2.24. The fourth-order valence-corrected chi connectivity index (χ4v) is 2.58. The number of H-pyrrole nitrogens is 1. The van der Waals surface area contributed by atoms with E-state index >= 15 is 0 Å². The van der Waals surface area contributed by atoms with Crippen molar-refractivity contribution < 1.29 is 17.9 Å². The zero-order chi connectivity index (χ0) is 16.4. The van der Waals surface area contributed by atoms with Gasteiger partial charge in [0.1, 0.15) is 12.2 Å². The molecule has 7 nitrogen and oxygen atoms in total. The van der Waals surface area contributed by atoms with Gasteiger partial charge in [-0.15, -0.1) is 10.2 Å². The summed E-state index contributed by atoms with van der Waals surface area (Å²) in [5.41, 5.74) is -1.01. The zero-order valence-electron chi connectivity index (χ0n) is 12.3. The van der Waals surface area contributed by atoms with E-state index in [1.165, 1.54) is 12.4 Å². The van der Waals surface area contributed by atoms with Crippen LogP contribution >= 0.6 is 0 Å². The van der Waals surface area contributed by atoms with Gasteiger partial charge in [-0.3, -0.25) is 5.10 Å². The Morgan fingerprint density at radius 1 is 1.35 bits per heavy atom. The monoisotopic (exact) mass is 328 g/mol. The third kappa shape index (κ3) is 3.41. The van der Waals surface area contributed by atoms with Gasteiger partial charge in [-0.05, 0) is 18.6 Å². The normalized spacial score (nSPS) is 21.6. The van der Waals surface area contributed by atoms with Crippen LogP contribution in [0.2, 0.25) is 0 Å². The van der Waals surface area contributed by atoms with Crippen LogP contribution in [0.4, 0.5) is 19.0 Å². The molecule has 0 unspecified atom stereocenters. The van der Waals surface area contributed by atoms with Crippen LogP contribution in [-0.2, 0) is 10.9 Å². The number of hydrogen-bond donors (Lipinski definition) is 1. The summed E-state index contributed by atoms with van der Waals surface area (Å²) in [6.45, 7) is 1.06. The van der Waals surface area contributed by atoms with E-state index in [0.29, 0.717) is 19.0 Å². The second-order valence-electron chi connectivity index (χ2n) is 5.33. The molecule has 10 heteroatoms. The van der Waals surface area contributed by atoms with Crippen LogP contribution in [-0.4, -0.2) is 51.7 Å². The Kier molecular flexibility index (Phi) is 4.16. The maximum Gasteiger partial charge on any atom is 0.435 e. The van der Waals surface area contributed by atoms with Gasteiger partial charge in [0, 0.05) is 26.1 Å². The van der Waals surface area contributed by atoms with E-state index in [4.69, 9.17) is 4.74 Å². The minimum Gasteiger partial charge on any atom is -0.376 e. The molecule has 1 saturated heterocycles. The molecule has 0 bridgehead atoms. The maximum absolute atomic E-state index is 12.5. The molecule has 0 saturated carbocycles. The number of rotatable bonds is 4. The van der Waals surface area contributed by atoms with Gasteiger partial charge in [-0.2, -0.15) is 18.3 Å². The molecule has 0 aromatic carbocycles. The number of likely N-dealkylation sites (N-methyl/N-ethyl adjacent to an activating group) is 1. The SMILES string of the molecule is CN(C[C@H]1OCC[C@H]1c1ncn[nH]1)c1ccc(C(F)(F)F)nn1. The van der Waals surface area contributed by atoms with E-state index in [9.17, 15) is 13.2 Å². The average molecular weight is 328 g/mol. The summed E-state index contributed by atoms with van der Waals surface area (Å²) in [5, 5.41) is 13.5.